The number of hydrogen-bond acceptors (Lipinski definition) is 4. The third kappa shape index (κ3) is 2.70. The minimum Gasteiger partial charge on any atom is -0.364 e. The Balaban J connectivity index is 2.11. The van der Waals surface area contributed by atoms with Crippen LogP contribution in [0.4, 0.5) is 11.5 Å². The van der Waals surface area contributed by atoms with Crippen LogP contribution in [0.5, 0.6) is 0 Å². The first-order valence-corrected chi connectivity index (χ1v) is 9.13. The number of sulfonamides is 1. The van der Waals surface area contributed by atoms with E-state index in [2.05, 4.69) is 26.2 Å². The average molecular weight is 382 g/mol. The summed E-state index contributed by atoms with van der Waals surface area (Å²) in [6.07, 6.45) is 1.65. The molecule has 1 N–H and O–H groups in total. The summed E-state index contributed by atoms with van der Waals surface area (Å²) in [5, 5.41) is 3.21. The van der Waals surface area contributed by atoms with Crippen LogP contribution in [0.25, 0.3) is 0 Å². The number of nitrogens with one attached hydrogen (secondary N) is 1. The fourth-order valence-corrected chi connectivity index (χ4v) is 4.29. The molecule has 0 saturated heterocycles. The minimum absolute atomic E-state index is 0.0126. The SMILES string of the molecule is Cc1ccc(S(=O)(=O)N2CC(C)Nc3ncc(Br)cc32)cc1. The van der Waals surface area contributed by atoms with Crippen LogP contribution in [0, 0.1) is 6.92 Å². The summed E-state index contributed by atoms with van der Waals surface area (Å²) in [6, 6.07) is 8.65. The van der Waals surface area contributed by atoms with E-state index in [1.165, 1.54) is 4.31 Å². The minimum atomic E-state index is -3.61. The van der Waals surface area contributed by atoms with Crippen LogP contribution in [0.1, 0.15) is 12.5 Å². The van der Waals surface area contributed by atoms with Crippen LogP contribution < -0.4 is 9.62 Å². The third-order valence-corrected chi connectivity index (χ3v) is 5.76. The Morgan fingerprint density at radius 1 is 1.32 bits per heavy atom. The zero-order valence-corrected chi connectivity index (χ0v) is 14.6. The molecule has 0 spiro atoms. The molecule has 0 saturated carbocycles. The van der Waals surface area contributed by atoms with Gasteiger partial charge in [-0.3, -0.25) is 4.31 Å². The van der Waals surface area contributed by atoms with E-state index in [0.717, 1.165) is 10.0 Å². The highest BCUT2D eigenvalue weighted by atomic mass is 79.9. The van der Waals surface area contributed by atoms with Crippen molar-refractivity contribution < 1.29 is 8.42 Å². The molecule has 1 aromatic carbocycles. The van der Waals surface area contributed by atoms with Gasteiger partial charge in [0.2, 0.25) is 0 Å². The smallest absolute Gasteiger partial charge is 0.264 e. The lowest BCUT2D eigenvalue weighted by molar-refractivity contribution is 0.586. The van der Waals surface area contributed by atoms with Crippen molar-refractivity contribution in [3.8, 4) is 0 Å². The highest BCUT2D eigenvalue weighted by molar-refractivity contribution is 9.10. The Morgan fingerprint density at radius 3 is 2.68 bits per heavy atom. The molecule has 1 unspecified atom stereocenters. The van der Waals surface area contributed by atoms with Gasteiger partial charge in [-0.2, -0.15) is 0 Å². The lowest BCUT2D eigenvalue weighted by Crippen LogP contribution is -2.43. The predicted octanol–water partition coefficient (Wildman–Crippen LogP) is 3.16. The van der Waals surface area contributed by atoms with Crippen LogP contribution in [0.15, 0.2) is 45.9 Å². The molecule has 0 fully saturated rings. The molecule has 5 nitrogen and oxygen atoms in total. The Kier molecular flexibility index (Phi) is 3.86. The Bertz CT molecular complexity index is 806. The van der Waals surface area contributed by atoms with Crippen molar-refractivity contribution in [3.05, 3.63) is 46.6 Å². The van der Waals surface area contributed by atoms with Gasteiger partial charge in [0.15, 0.2) is 5.82 Å². The summed E-state index contributed by atoms with van der Waals surface area (Å²) in [5.41, 5.74) is 1.59. The molecule has 0 aliphatic carbocycles. The highest BCUT2D eigenvalue weighted by Crippen LogP contribution is 2.35. The van der Waals surface area contributed by atoms with Crippen LogP contribution in [0.2, 0.25) is 0 Å². The quantitative estimate of drug-likeness (QED) is 0.867. The molecule has 0 bridgehead atoms. The number of nitrogens with zero attached hydrogens (tertiary/aromatic N) is 2. The molecule has 1 aliphatic rings. The first kappa shape index (κ1) is 15.3. The van der Waals surface area contributed by atoms with E-state index in [9.17, 15) is 8.42 Å². The summed E-state index contributed by atoms with van der Waals surface area (Å²) in [6.45, 7) is 4.23. The van der Waals surface area contributed by atoms with E-state index in [-0.39, 0.29) is 10.9 Å². The van der Waals surface area contributed by atoms with E-state index in [1.807, 2.05) is 13.8 Å². The summed E-state index contributed by atoms with van der Waals surface area (Å²) >= 11 is 3.35. The van der Waals surface area contributed by atoms with Gasteiger partial charge in [0, 0.05) is 16.7 Å². The maximum absolute atomic E-state index is 13.0. The Labute approximate surface area is 138 Å². The van der Waals surface area contributed by atoms with Crippen LogP contribution in [0.3, 0.4) is 0 Å². The van der Waals surface area contributed by atoms with E-state index in [0.29, 0.717) is 18.1 Å². The van der Waals surface area contributed by atoms with Gasteiger partial charge >= 0.3 is 0 Å². The molecule has 1 aliphatic heterocycles. The van der Waals surface area contributed by atoms with Crippen molar-refractivity contribution in [2.75, 3.05) is 16.2 Å². The lowest BCUT2D eigenvalue weighted by atomic mass is 10.2. The van der Waals surface area contributed by atoms with Crippen molar-refractivity contribution in [2.24, 2.45) is 0 Å². The van der Waals surface area contributed by atoms with E-state index in [1.54, 1.807) is 36.5 Å². The number of rotatable bonds is 2. The maximum atomic E-state index is 13.0. The first-order chi connectivity index (χ1) is 10.4. The van der Waals surface area contributed by atoms with E-state index in [4.69, 9.17) is 0 Å². The number of pyridine rings is 1. The average Bonchev–Trinajstić information content (AvgIpc) is 2.47. The van der Waals surface area contributed by atoms with Gasteiger partial charge in [-0.15, -0.1) is 0 Å². The van der Waals surface area contributed by atoms with Crippen molar-refractivity contribution in [3.63, 3.8) is 0 Å². The fourth-order valence-electron chi connectivity index (χ4n) is 2.42. The normalized spacial score (nSPS) is 17.8. The van der Waals surface area contributed by atoms with Gasteiger partial charge in [-0.25, -0.2) is 13.4 Å². The first-order valence-electron chi connectivity index (χ1n) is 6.89. The van der Waals surface area contributed by atoms with Crippen LogP contribution >= 0.6 is 15.9 Å². The number of aryl methyl sites for hydroxylation is 1. The molecular weight excluding hydrogens is 366 g/mol. The van der Waals surface area contributed by atoms with Crippen LogP contribution in [-0.2, 0) is 10.0 Å². The second kappa shape index (κ2) is 5.55. The van der Waals surface area contributed by atoms with Gasteiger partial charge in [0.25, 0.3) is 10.0 Å². The molecular formula is C15H16BrN3O2S. The second-order valence-electron chi connectivity index (χ2n) is 5.42. The van der Waals surface area contributed by atoms with Crippen molar-refractivity contribution in [1.29, 1.82) is 0 Å². The number of halogens is 1. The highest BCUT2D eigenvalue weighted by Gasteiger charge is 2.32. The summed E-state index contributed by atoms with van der Waals surface area (Å²) in [5.74, 6) is 0.581. The molecule has 22 heavy (non-hydrogen) atoms. The number of aromatic nitrogens is 1. The van der Waals surface area contributed by atoms with Gasteiger partial charge in [0.1, 0.15) is 0 Å². The zero-order valence-electron chi connectivity index (χ0n) is 12.2. The number of benzene rings is 1. The maximum Gasteiger partial charge on any atom is 0.264 e. The van der Waals surface area contributed by atoms with Gasteiger partial charge in [0.05, 0.1) is 17.1 Å². The van der Waals surface area contributed by atoms with Crippen molar-refractivity contribution in [1.82, 2.24) is 4.98 Å². The molecule has 0 amide bonds. The van der Waals surface area contributed by atoms with Crippen LogP contribution in [-0.4, -0.2) is 26.0 Å². The summed E-state index contributed by atoms with van der Waals surface area (Å²) in [7, 11) is -3.61. The second-order valence-corrected chi connectivity index (χ2v) is 8.19. The molecule has 116 valence electrons. The van der Waals surface area contributed by atoms with E-state index >= 15 is 0 Å². The van der Waals surface area contributed by atoms with Crippen molar-refractivity contribution in [2.45, 2.75) is 24.8 Å². The molecule has 1 aromatic heterocycles. The topological polar surface area (TPSA) is 62.3 Å². The molecule has 2 aromatic rings. The zero-order chi connectivity index (χ0) is 15.9. The summed E-state index contributed by atoms with van der Waals surface area (Å²) in [4.78, 5) is 4.57. The Hall–Kier alpha value is -1.60. The van der Waals surface area contributed by atoms with Crippen molar-refractivity contribution >= 4 is 37.5 Å². The molecule has 1 atom stereocenters. The standard InChI is InChI=1S/C15H16BrN3O2S/c1-10-3-5-13(6-4-10)22(20,21)19-9-11(2)18-15-14(19)7-12(16)8-17-15/h3-8,11H,9H2,1-2H3,(H,17,18). The van der Waals surface area contributed by atoms with Gasteiger partial charge in [-0.05, 0) is 48.0 Å². The largest absolute Gasteiger partial charge is 0.364 e. The number of fused-ring (bicyclic) bond motifs is 1. The number of anilines is 2. The predicted molar refractivity (Wildman–Crippen MR) is 90.7 cm³/mol. The lowest BCUT2D eigenvalue weighted by Gasteiger charge is -2.34. The monoisotopic (exact) mass is 381 g/mol. The Morgan fingerprint density at radius 2 is 2.00 bits per heavy atom. The molecule has 2 heterocycles. The fraction of sp³-hybridized carbons (Fsp3) is 0.267. The summed E-state index contributed by atoms with van der Waals surface area (Å²) < 4.78 is 28.1. The number of hydrogen-bond donors (Lipinski definition) is 1. The third-order valence-electron chi connectivity index (χ3n) is 3.53. The van der Waals surface area contributed by atoms with Gasteiger partial charge < -0.3 is 5.32 Å². The molecule has 0 radical (unpaired) electrons. The van der Waals surface area contributed by atoms with Gasteiger partial charge in [-0.1, -0.05) is 17.7 Å². The van der Waals surface area contributed by atoms with E-state index < -0.39 is 10.0 Å². The molecule has 3 rings (SSSR count). The molecule has 7 heteroatoms.